The summed E-state index contributed by atoms with van der Waals surface area (Å²) in [5, 5.41) is 4.34. The average Bonchev–Trinajstić information content (AvgIpc) is 3.15. The van der Waals surface area contributed by atoms with E-state index >= 15 is 0 Å². The Hall–Kier alpha value is -3.43. The van der Waals surface area contributed by atoms with Crippen molar-refractivity contribution in [1.82, 2.24) is 24.6 Å². The van der Waals surface area contributed by atoms with Gasteiger partial charge >= 0.3 is 11.9 Å². The number of piperidine rings is 1. The number of likely N-dealkylation sites (tertiary alicyclic amines) is 1. The van der Waals surface area contributed by atoms with Crippen LogP contribution >= 0.6 is 0 Å². The zero-order valence-corrected chi connectivity index (χ0v) is 15.8. The van der Waals surface area contributed by atoms with E-state index in [-0.39, 0.29) is 23.1 Å². The smallest absolute Gasteiger partial charge is 0.339 e. The number of pyridine rings is 1. The lowest BCUT2D eigenvalue weighted by Crippen LogP contribution is -2.38. The molecule has 0 bridgehead atoms. The molecule has 1 fully saturated rings. The van der Waals surface area contributed by atoms with Gasteiger partial charge in [0.2, 0.25) is 0 Å². The van der Waals surface area contributed by atoms with Crippen LogP contribution in [0.1, 0.15) is 40.5 Å². The van der Waals surface area contributed by atoms with E-state index < -0.39 is 11.7 Å². The average molecular weight is 417 g/mol. The molecule has 3 aromatic rings. The van der Waals surface area contributed by atoms with E-state index in [0.29, 0.717) is 37.6 Å². The van der Waals surface area contributed by atoms with Crippen LogP contribution in [0.25, 0.3) is 5.82 Å². The van der Waals surface area contributed by atoms with Crippen LogP contribution in [0.15, 0.2) is 53.5 Å². The molecule has 10 heteroatoms. The summed E-state index contributed by atoms with van der Waals surface area (Å²) in [5.74, 6) is 0.612. The number of H-pyrrole nitrogens is 1. The molecule has 0 saturated carbocycles. The van der Waals surface area contributed by atoms with E-state index in [4.69, 9.17) is 0 Å². The van der Waals surface area contributed by atoms with Gasteiger partial charge in [0.05, 0.1) is 5.56 Å². The second-order valence-corrected chi connectivity index (χ2v) is 7.06. The molecule has 0 aliphatic carbocycles. The number of aromatic amines is 1. The Bertz CT molecular complexity index is 1080. The highest BCUT2D eigenvalue weighted by Gasteiger charge is 2.31. The summed E-state index contributed by atoms with van der Waals surface area (Å²) >= 11 is 0. The third-order valence-electron chi connectivity index (χ3n) is 5.13. The van der Waals surface area contributed by atoms with Crippen molar-refractivity contribution in [2.75, 3.05) is 13.1 Å². The van der Waals surface area contributed by atoms with Crippen molar-refractivity contribution in [2.45, 2.75) is 24.9 Å². The van der Waals surface area contributed by atoms with Crippen molar-refractivity contribution in [2.24, 2.45) is 0 Å². The predicted octanol–water partition coefficient (Wildman–Crippen LogP) is 2.99. The van der Waals surface area contributed by atoms with E-state index in [1.807, 2.05) is 0 Å². The molecule has 2 aromatic heterocycles. The summed E-state index contributed by atoms with van der Waals surface area (Å²) in [6, 6.07) is 9.40. The molecule has 4 rings (SSSR count). The van der Waals surface area contributed by atoms with Gasteiger partial charge in [0.1, 0.15) is 5.82 Å². The Morgan fingerprint density at radius 1 is 1.07 bits per heavy atom. The van der Waals surface area contributed by atoms with Gasteiger partial charge in [0.25, 0.3) is 5.91 Å². The van der Waals surface area contributed by atoms with Crippen molar-refractivity contribution in [1.29, 1.82) is 0 Å². The molecular formula is C20H18F3N5O2. The van der Waals surface area contributed by atoms with Crippen LogP contribution in [0, 0.1) is 0 Å². The summed E-state index contributed by atoms with van der Waals surface area (Å²) in [6.07, 6.45) is -1.69. The van der Waals surface area contributed by atoms with Gasteiger partial charge < -0.3 is 4.90 Å². The number of rotatable bonds is 3. The highest BCUT2D eigenvalue weighted by molar-refractivity contribution is 5.94. The van der Waals surface area contributed by atoms with Crippen LogP contribution in [0.5, 0.6) is 0 Å². The summed E-state index contributed by atoms with van der Waals surface area (Å²) in [4.78, 5) is 33.3. The lowest BCUT2D eigenvalue weighted by Gasteiger charge is -2.31. The zero-order valence-electron chi connectivity index (χ0n) is 15.8. The van der Waals surface area contributed by atoms with Gasteiger partial charge in [-0.2, -0.15) is 17.9 Å². The van der Waals surface area contributed by atoms with E-state index in [1.165, 1.54) is 16.8 Å². The fourth-order valence-corrected chi connectivity index (χ4v) is 3.50. The van der Waals surface area contributed by atoms with Gasteiger partial charge in [-0.1, -0.05) is 6.07 Å². The third kappa shape index (κ3) is 3.98. The maximum atomic E-state index is 12.7. The number of carbonyl (C=O) groups excluding carboxylic acids is 1. The second-order valence-electron chi connectivity index (χ2n) is 7.06. The van der Waals surface area contributed by atoms with Gasteiger partial charge in [-0.15, -0.1) is 5.10 Å². The van der Waals surface area contributed by atoms with Crippen molar-refractivity contribution in [3.63, 3.8) is 0 Å². The maximum absolute atomic E-state index is 12.7. The fourth-order valence-electron chi connectivity index (χ4n) is 3.50. The molecule has 0 atom stereocenters. The number of carbonyl (C=O) groups is 1. The third-order valence-corrected chi connectivity index (χ3v) is 5.13. The first kappa shape index (κ1) is 19.9. The Morgan fingerprint density at radius 3 is 2.37 bits per heavy atom. The van der Waals surface area contributed by atoms with Crippen LogP contribution < -0.4 is 5.69 Å². The molecule has 156 valence electrons. The first-order valence-electron chi connectivity index (χ1n) is 9.40. The van der Waals surface area contributed by atoms with Crippen LogP contribution in [0.2, 0.25) is 0 Å². The molecule has 0 radical (unpaired) electrons. The Morgan fingerprint density at radius 2 is 1.77 bits per heavy atom. The summed E-state index contributed by atoms with van der Waals surface area (Å²) in [6.45, 7) is 0.839. The van der Waals surface area contributed by atoms with Crippen LogP contribution in [-0.4, -0.2) is 43.6 Å². The number of halogens is 3. The molecule has 0 unspecified atom stereocenters. The maximum Gasteiger partial charge on any atom is 0.416 e. The molecule has 1 aliphatic heterocycles. The van der Waals surface area contributed by atoms with Crippen molar-refractivity contribution in [3.05, 3.63) is 76.1 Å². The van der Waals surface area contributed by atoms with Gasteiger partial charge in [0, 0.05) is 30.8 Å². The van der Waals surface area contributed by atoms with Crippen LogP contribution in [0.3, 0.4) is 0 Å². The Balaban J connectivity index is 1.42. The minimum absolute atomic E-state index is 0.0284. The van der Waals surface area contributed by atoms with Gasteiger partial charge in [-0.3, -0.25) is 9.78 Å². The first-order valence-corrected chi connectivity index (χ1v) is 9.40. The molecule has 1 aliphatic rings. The van der Waals surface area contributed by atoms with Crippen molar-refractivity contribution >= 4 is 5.91 Å². The molecule has 1 N–H and O–H groups in total. The second kappa shape index (κ2) is 7.77. The summed E-state index contributed by atoms with van der Waals surface area (Å²) < 4.78 is 39.3. The number of nitrogens with zero attached hydrogens (tertiary/aromatic N) is 4. The number of hydrogen-bond acceptors (Lipinski definition) is 4. The largest absolute Gasteiger partial charge is 0.416 e. The number of amides is 1. The van der Waals surface area contributed by atoms with Gasteiger partial charge in [0.15, 0.2) is 5.82 Å². The van der Waals surface area contributed by atoms with Crippen LogP contribution in [0.4, 0.5) is 13.2 Å². The molecule has 1 aromatic carbocycles. The summed E-state index contributed by atoms with van der Waals surface area (Å²) in [5.41, 5.74) is -0.952. The molecule has 7 nitrogen and oxygen atoms in total. The molecule has 1 amide bonds. The molecule has 1 saturated heterocycles. The highest BCUT2D eigenvalue weighted by atomic mass is 19.4. The zero-order chi connectivity index (χ0) is 21.3. The Labute approximate surface area is 169 Å². The molecule has 3 heterocycles. The van der Waals surface area contributed by atoms with Crippen molar-refractivity contribution < 1.29 is 18.0 Å². The monoisotopic (exact) mass is 417 g/mol. The lowest BCUT2D eigenvalue weighted by atomic mass is 9.95. The van der Waals surface area contributed by atoms with E-state index in [1.54, 1.807) is 29.3 Å². The number of nitrogens with one attached hydrogen (secondary N) is 1. The highest BCUT2D eigenvalue weighted by Crippen LogP contribution is 2.30. The molecule has 30 heavy (non-hydrogen) atoms. The van der Waals surface area contributed by atoms with Crippen LogP contribution in [-0.2, 0) is 6.18 Å². The SMILES string of the molecule is O=C(c1ccc(C(F)(F)F)cc1)N1CCC(c2nn(-c3ccccn3)c(=O)[nH]2)CC1. The number of benzene rings is 1. The van der Waals surface area contributed by atoms with E-state index in [2.05, 4.69) is 15.1 Å². The Kier molecular flexibility index (Phi) is 5.15. The lowest BCUT2D eigenvalue weighted by molar-refractivity contribution is -0.137. The normalized spacial score (nSPS) is 15.4. The number of alkyl halides is 3. The van der Waals surface area contributed by atoms with Gasteiger partial charge in [-0.25, -0.2) is 9.78 Å². The first-order chi connectivity index (χ1) is 14.3. The number of hydrogen-bond donors (Lipinski definition) is 1. The molecule has 0 spiro atoms. The van der Waals surface area contributed by atoms with Crippen molar-refractivity contribution in [3.8, 4) is 5.82 Å². The minimum Gasteiger partial charge on any atom is -0.339 e. The molecular weight excluding hydrogens is 399 g/mol. The van der Waals surface area contributed by atoms with E-state index in [0.717, 1.165) is 12.1 Å². The number of aromatic nitrogens is 4. The van der Waals surface area contributed by atoms with Gasteiger partial charge in [-0.05, 0) is 49.2 Å². The predicted molar refractivity (Wildman–Crippen MR) is 101 cm³/mol. The topological polar surface area (TPSA) is 83.9 Å². The quantitative estimate of drug-likeness (QED) is 0.710. The van der Waals surface area contributed by atoms with E-state index in [9.17, 15) is 22.8 Å². The minimum atomic E-state index is -4.44. The summed E-state index contributed by atoms with van der Waals surface area (Å²) in [7, 11) is 0. The standard InChI is InChI=1S/C20H18F3N5O2/c21-20(22,23)15-6-4-14(5-7-15)18(29)27-11-8-13(9-12-27)17-25-19(30)28(26-17)16-3-1-2-10-24-16/h1-7,10,13H,8-9,11-12H2,(H,25,26,30). The fraction of sp³-hybridized carbons (Fsp3) is 0.300.